The lowest BCUT2D eigenvalue weighted by Gasteiger charge is -2.16. The van der Waals surface area contributed by atoms with Gasteiger partial charge in [-0.3, -0.25) is 0 Å². The zero-order chi connectivity index (χ0) is 12.0. The van der Waals surface area contributed by atoms with E-state index in [1.807, 2.05) is 0 Å². The maximum absolute atomic E-state index is 11.5. The molecule has 1 saturated heterocycles. The Labute approximate surface area is 94.0 Å². The highest BCUT2D eigenvalue weighted by Gasteiger charge is 2.18. The van der Waals surface area contributed by atoms with Gasteiger partial charge in [-0.25, -0.2) is 4.79 Å². The van der Waals surface area contributed by atoms with E-state index in [-0.39, 0.29) is 24.0 Å². The van der Waals surface area contributed by atoms with Crippen LogP contribution in [0.25, 0.3) is 0 Å². The summed E-state index contributed by atoms with van der Waals surface area (Å²) in [7, 11) is 0. The van der Waals surface area contributed by atoms with Crippen LogP contribution < -0.4 is 16.4 Å². The van der Waals surface area contributed by atoms with Gasteiger partial charge in [0, 0.05) is 19.1 Å². The molecule has 1 aliphatic heterocycles. The molecule has 7 nitrogen and oxygen atoms in total. The largest absolute Gasteiger partial charge is 0.409 e. The van der Waals surface area contributed by atoms with Crippen molar-refractivity contribution in [3.63, 3.8) is 0 Å². The van der Waals surface area contributed by atoms with Crippen LogP contribution in [-0.2, 0) is 4.74 Å². The van der Waals surface area contributed by atoms with Crippen molar-refractivity contribution in [2.75, 3.05) is 13.2 Å². The van der Waals surface area contributed by atoms with Crippen molar-refractivity contribution >= 4 is 11.9 Å². The quantitative estimate of drug-likeness (QED) is 0.228. The molecule has 0 aliphatic carbocycles. The van der Waals surface area contributed by atoms with Crippen molar-refractivity contribution in [3.05, 3.63) is 0 Å². The van der Waals surface area contributed by atoms with Gasteiger partial charge in [0.1, 0.15) is 5.84 Å². The number of nitrogens with one attached hydrogen (secondary N) is 2. The number of hydrogen-bond donors (Lipinski definition) is 4. The van der Waals surface area contributed by atoms with Gasteiger partial charge in [-0.15, -0.1) is 0 Å². The van der Waals surface area contributed by atoms with Crippen LogP contribution in [0.4, 0.5) is 4.79 Å². The SMILES string of the molecule is CC(CC(N)=NO)NC(=O)NC1CCOC1. The highest BCUT2D eigenvalue weighted by molar-refractivity contribution is 5.81. The van der Waals surface area contributed by atoms with Gasteiger partial charge in [-0.05, 0) is 13.3 Å². The van der Waals surface area contributed by atoms with E-state index in [1.165, 1.54) is 0 Å². The molecule has 2 unspecified atom stereocenters. The number of carbonyl (C=O) groups is 1. The summed E-state index contributed by atoms with van der Waals surface area (Å²) in [5.41, 5.74) is 5.32. The van der Waals surface area contributed by atoms with Crippen LogP contribution >= 0.6 is 0 Å². The Morgan fingerprint density at radius 2 is 2.50 bits per heavy atom. The minimum atomic E-state index is -0.256. The number of amides is 2. The van der Waals surface area contributed by atoms with Crippen LogP contribution in [0.2, 0.25) is 0 Å². The van der Waals surface area contributed by atoms with Crippen LogP contribution in [0.5, 0.6) is 0 Å². The fourth-order valence-electron chi connectivity index (χ4n) is 1.50. The first-order valence-corrected chi connectivity index (χ1v) is 5.23. The predicted molar refractivity (Wildman–Crippen MR) is 58.4 cm³/mol. The average Bonchev–Trinajstić information content (AvgIpc) is 2.69. The van der Waals surface area contributed by atoms with Gasteiger partial charge >= 0.3 is 6.03 Å². The molecule has 1 aliphatic rings. The second-order valence-corrected chi connectivity index (χ2v) is 3.87. The molecular weight excluding hydrogens is 212 g/mol. The standard InChI is InChI=1S/C9H18N4O3/c1-6(4-8(10)13-15)11-9(14)12-7-2-3-16-5-7/h6-7,15H,2-5H2,1H3,(H2,10,13)(H2,11,12,14). The number of nitrogens with two attached hydrogens (primary N) is 1. The van der Waals surface area contributed by atoms with Gasteiger partial charge in [-0.2, -0.15) is 0 Å². The fourth-order valence-corrected chi connectivity index (χ4v) is 1.50. The van der Waals surface area contributed by atoms with Crippen molar-refractivity contribution in [1.29, 1.82) is 0 Å². The first-order valence-electron chi connectivity index (χ1n) is 5.23. The van der Waals surface area contributed by atoms with Crippen LogP contribution in [0, 0.1) is 0 Å². The molecule has 0 radical (unpaired) electrons. The zero-order valence-corrected chi connectivity index (χ0v) is 9.27. The number of urea groups is 1. The number of nitrogens with zero attached hydrogens (tertiary/aromatic N) is 1. The van der Waals surface area contributed by atoms with Crippen molar-refractivity contribution in [3.8, 4) is 0 Å². The zero-order valence-electron chi connectivity index (χ0n) is 9.27. The minimum Gasteiger partial charge on any atom is -0.409 e. The summed E-state index contributed by atoms with van der Waals surface area (Å²) in [4.78, 5) is 11.5. The van der Waals surface area contributed by atoms with E-state index in [9.17, 15) is 4.79 Å². The minimum absolute atomic E-state index is 0.0797. The Morgan fingerprint density at radius 1 is 1.75 bits per heavy atom. The molecule has 1 heterocycles. The van der Waals surface area contributed by atoms with E-state index in [0.717, 1.165) is 6.42 Å². The number of hydrogen-bond acceptors (Lipinski definition) is 4. The van der Waals surface area contributed by atoms with E-state index < -0.39 is 0 Å². The van der Waals surface area contributed by atoms with Gasteiger partial charge in [-0.1, -0.05) is 5.16 Å². The van der Waals surface area contributed by atoms with Gasteiger partial charge < -0.3 is 26.3 Å². The van der Waals surface area contributed by atoms with Crippen LogP contribution in [0.15, 0.2) is 5.16 Å². The number of carbonyl (C=O) groups excluding carboxylic acids is 1. The normalized spacial score (nSPS) is 22.8. The summed E-state index contributed by atoms with van der Waals surface area (Å²) in [5.74, 6) is 0.0944. The third-order valence-electron chi connectivity index (χ3n) is 2.29. The van der Waals surface area contributed by atoms with Crippen molar-refractivity contribution in [1.82, 2.24) is 10.6 Å². The molecule has 0 spiro atoms. The lowest BCUT2D eigenvalue weighted by atomic mass is 10.2. The Hall–Kier alpha value is -1.50. The monoisotopic (exact) mass is 230 g/mol. The number of ether oxygens (including phenoxy) is 1. The Kier molecular flexibility index (Phi) is 4.84. The summed E-state index contributed by atoms with van der Waals surface area (Å²) >= 11 is 0. The molecule has 5 N–H and O–H groups in total. The molecule has 0 bridgehead atoms. The maximum atomic E-state index is 11.5. The lowest BCUT2D eigenvalue weighted by molar-refractivity contribution is 0.188. The Balaban J connectivity index is 2.22. The Morgan fingerprint density at radius 3 is 3.06 bits per heavy atom. The van der Waals surface area contributed by atoms with E-state index >= 15 is 0 Å². The van der Waals surface area contributed by atoms with Crippen molar-refractivity contribution in [2.24, 2.45) is 10.9 Å². The topological polar surface area (TPSA) is 109 Å². The van der Waals surface area contributed by atoms with E-state index in [4.69, 9.17) is 15.7 Å². The summed E-state index contributed by atoms with van der Waals surface area (Å²) in [6, 6.07) is -0.358. The second kappa shape index (κ2) is 6.16. The first kappa shape index (κ1) is 12.6. The lowest BCUT2D eigenvalue weighted by Crippen LogP contribution is -2.46. The third kappa shape index (κ3) is 4.35. The average molecular weight is 230 g/mol. The fraction of sp³-hybridized carbons (Fsp3) is 0.778. The van der Waals surface area contributed by atoms with Crippen molar-refractivity contribution in [2.45, 2.75) is 31.8 Å². The molecule has 16 heavy (non-hydrogen) atoms. The molecule has 92 valence electrons. The molecule has 2 atom stereocenters. The smallest absolute Gasteiger partial charge is 0.315 e. The molecule has 0 saturated carbocycles. The number of oxime groups is 1. The Bertz CT molecular complexity index is 263. The molecule has 0 aromatic heterocycles. The van der Waals surface area contributed by atoms with E-state index in [2.05, 4.69) is 15.8 Å². The van der Waals surface area contributed by atoms with Crippen LogP contribution in [0.3, 0.4) is 0 Å². The summed E-state index contributed by atoms with van der Waals surface area (Å²) in [6.07, 6.45) is 1.15. The molecule has 0 aromatic carbocycles. The van der Waals surface area contributed by atoms with Crippen LogP contribution in [0.1, 0.15) is 19.8 Å². The van der Waals surface area contributed by atoms with Gasteiger partial charge in [0.2, 0.25) is 0 Å². The van der Waals surface area contributed by atoms with Gasteiger partial charge in [0.15, 0.2) is 0 Å². The van der Waals surface area contributed by atoms with Gasteiger partial charge in [0.25, 0.3) is 0 Å². The second-order valence-electron chi connectivity index (χ2n) is 3.87. The number of amidine groups is 1. The van der Waals surface area contributed by atoms with Crippen LogP contribution in [-0.4, -0.2) is 42.4 Å². The van der Waals surface area contributed by atoms with E-state index in [1.54, 1.807) is 6.92 Å². The molecule has 0 aromatic rings. The molecule has 1 rings (SSSR count). The van der Waals surface area contributed by atoms with Gasteiger partial charge in [0.05, 0.1) is 12.6 Å². The summed E-state index contributed by atoms with van der Waals surface area (Å²) in [5, 5.41) is 16.7. The highest BCUT2D eigenvalue weighted by atomic mass is 16.5. The summed E-state index contributed by atoms with van der Waals surface area (Å²) < 4.78 is 5.13. The third-order valence-corrected chi connectivity index (χ3v) is 2.29. The number of rotatable bonds is 4. The van der Waals surface area contributed by atoms with E-state index in [0.29, 0.717) is 19.6 Å². The molecular formula is C9H18N4O3. The summed E-state index contributed by atoms with van der Waals surface area (Å²) in [6.45, 7) is 3.02. The highest BCUT2D eigenvalue weighted by Crippen LogP contribution is 2.02. The van der Waals surface area contributed by atoms with Crippen molar-refractivity contribution < 1.29 is 14.7 Å². The first-order chi connectivity index (χ1) is 7.61. The predicted octanol–water partition coefficient (Wildman–Crippen LogP) is -0.400. The maximum Gasteiger partial charge on any atom is 0.315 e. The molecule has 1 fully saturated rings. The molecule has 2 amide bonds. The molecule has 7 heteroatoms.